The molecule has 0 aliphatic rings. The van der Waals surface area contributed by atoms with Gasteiger partial charge in [-0.1, -0.05) is 11.6 Å². The molecule has 8 heteroatoms. The Bertz CT molecular complexity index is 1150. The monoisotopic (exact) mass is 352 g/mol. The number of hydrogen-bond acceptors (Lipinski definition) is 4. The van der Waals surface area contributed by atoms with Crippen LogP contribution in [0.5, 0.6) is 0 Å². The quantitative estimate of drug-likeness (QED) is 0.553. The first-order chi connectivity index (χ1) is 12.1. The molecule has 122 valence electrons. The smallest absolute Gasteiger partial charge is 0.162 e. The molecular formula is C17H10ClFN6. The second-order valence-electron chi connectivity index (χ2n) is 5.42. The Hall–Kier alpha value is -3.24. The highest BCUT2D eigenvalue weighted by molar-refractivity contribution is 6.31. The minimum atomic E-state index is -0.489. The number of nitriles is 1. The predicted molar refractivity (Wildman–Crippen MR) is 90.0 cm³/mol. The van der Waals surface area contributed by atoms with Crippen molar-refractivity contribution in [2.75, 3.05) is 0 Å². The van der Waals surface area contributed by atoms with Crippen LogP contribution in [-0.4, -0.2) is 24.1 Å². The second kappa shape index (κ2) is 5.69. The Morgan fingerprint density at radius 3 is 2.84 bits per heavy atom. The lowest BCUT2D eigenvalue weighted by Crippen LogP contribution is -2.04. The molecule has 0 saturated heterocycles. The lowest BCUT2D eigenvalue weighted by molar-refractivity contribution is 0.628. The average molecular weight is 353 g/mol. The number of fused-ring (bicyclic) bond motifs is 1. The third-order valence-electron chi connectivity index (χ3n) is 3.71. The molecule has 1 aromatic carbocycles. The topological polar surface area (TPSA) is 71.8 Å². The molecular weight excluding hydrogens is 343 g/mol. The van der Waals surface area contributed by atoms with Gasteiger partial charge in [-0.05, 0) is 37.3 Å². The fraction of sp³-hybridized carbons (Fsp3) is 0.0588. The van der Waals surface area contributed by atoms with Crippen LogP contribution < -0.4 is 0 Å². The molecule has 0 aliphatic carbocycles. The van der Waals surface area contributed by atoms with Gasteiger partial charge in [0, 0.05) is 11.8 Å². The first-order valence-electron chi connectivity index (χ1n) is 7.33. The molecule has 4 rings (SSSR count). The number of benzene rings is 1. The molecule has 0 saturated carbocycles. The highest BCUT2D eigenvalue weighted by Crippen LogP contribution is 2.26. The van der Waals surface area contributed by atoms with Crippen LogP contribution in [0, 0.1) is 24.1 Å². The van der Waals surface area contributed by atoms with Gasteiger partial charge in [-0.2, -0.15) is 5.26 Å². The zero-order valence-corrected chi connectivity index (χ0v) is 13.7. The lowest BCUT2D eigenvalue weighted by Gasteiger charge is -2.08. The van der Waals surface area contributed by atoms with Gasteiger partial charge >= 0.3 is 0 Å². The Morgan fingerprint density at radius 1 is 1.24 bits per heavy atom. The summed E-state index contributed by atoms with van der Waals surface area (Å²) in [5.74, 6) is 0.639. The van der Waals surface area contributed by atoms with E-state index in [4.69, 9.17) is 16.9 Å². The first-order valence-corrected chi connectivity index (χ1v) is 7.71. The van der Waals surface area contributed by atoms with E-state index in [1.807, 2.05) is 19.2 Å². The highest BCUT2D eigenvalue weighted by atomic mass is 35.5. The Balaban J connectivity index is 1.92. The van der Waals surface area contributed by atoms with Gasteiger partial charge < -0.3 is 0 Å². The van der Waals surface area contributed by atoms with Crippen LogP contribution in [-0.2, 0) is 0 Å². The van der Waals surface area contributed by atoms with Crippen LogP contribution in [0.15, 0.2) is 42.7 Å². The van der Waals surface area contributed by atoms with E-state index in [9.17, 15) is 4.39 Å². The van der Waals surface area contributed by atoms with Crippen molar-refractivity contribution >= 4 is 17.2 Å². The van der Waals surface area contributed by atoms with Gasteiger partial charge in [0.2, 0.25) is 0 Å². The summed E-state index contributed by atoms with van der Waals surface area (Å²) < 4.78 is 16.7. The first kappa shape index (κ1) is 15.3. The molecule has 3 aromatic heterocycles. The van der Waals surface area contributed by atoms with Crippen molar-refractivity contribution < 1.29 is 4.39 Å². The van der Waals surface area contributed by atoms with Gasteiger partial charge in [0.05, 0.1) is 16.9 Å². The maximum atomic E-state index is 13.5. The van der Waals surface area contributed by atoms with Crippen molar-refractivity contribution in [2.45, 2.75) is 6.92 Å². The molecule has 6 nitrogen and oxygen atoms in total. The molecule has 0 aliphatic heterocycles. The molecule has 0 N–H and O–H groups in total. The zero-order chi connectivity index (χ0) is 17.6. The number of hydrogen-bond donors (Lipinski definition) is 0. The molecule has 0 unspecified atom stereocenters. The maximum Gasteiger partial charge on any atom is 0.162 e. The van der Waals surface area contributed by atoms with Crippen LogP contribution in [0.25, 0.3) is 22.9 Å². The summed E-state index contributed by atoms with van der Waals surface area (Å²) in [4.78, 5) is 8.62. The predicted octanol–water partition coefficient (Wildman–Crippen LogP) is 3.55. The Morgan fingerprint density at radius 2 is 2.08 bits per heavy atom. The zero-order valence-electron chi connectivity index (χ0n) is 13.0. The summed E-state index contributed by atoms with van der Waals surface area (Å²) in [6.45, 7) is 1.85. The molecule has 0 fully saturated rings. The van der Waals surface area contributed by atoms with E-state index in [0.717, 1.165) is 5.69 Å². The van der Waals surface area contributed by atoms with Crippen LogP contribution >= 0.6 is 11.6 Å². The largest absolute Gasteiger partial charge is 0.282 e. The third-order valence-corrected chi connectivity index (χ3v) is 4.00. The van der Waals surface area contributed by atoms with Gasteiger partial charge in [0.15, 0.2) is 17.2 Å². The SMILES string of the molecule is Cc1cn(-c2ccc3ncc(C#N)n3n2)c(-c2ccc(F)c(Cl)c2)n1. The van der Waals surface area contributed by atoms with Crippen molar-refractivity contribution in [3.63, 3.8) is 0 Å². The minimum absolute atomic E-state index is 0.0227. The van der Waals surface area contributed by atoms with E-state index in [-0.39, 0.29) is 5.02 Å². The second-order valence-corrected chi connectivity index (χ2v) is 5.83. The fourth-order valence-corrected chi connectivity index (χ4v) is 2.76. The number of rotatable bonds is 2. The van der Waals surface area contributed by atoms with E-state index in [1.165, 1.54) is 22.8 Å². The molecule has 0 bridgehead atoms. The van der Waals surface area contributed by atoms with Crippen LogP contribution in [0.3, 0.4) is 0 Å². The molecule has 0 spiro atoms. The molecule has 4 aromatic rings. The van der Waals surface area contributed by atoms with Crippen molar-refractivity contribution in [3.05, 3.63) is 65.0 Å². The van der Waals surface area contributed by atoms with E-state index >= 15 is 0 Å². The fourth-order valence-electron chi connectivity index (χ4n) is 2.58. The summed E-state index contributed by atoms with van der Waals surface area (Å²) in [5, 5.41) is 13.6. The van der Waals surface area contributed by atoms with Gasteiger partial charge in [-0.25, -0.2) is 18.9 Å². The summed E-state index contributed by atoms with van der Waals surface area (Å²) in [7, 11) is 0. The highest BCUT2D eigenvalue weighted by Gasteiger charge is 2.14. The number of imidazole rings is 2. The standard InChI is InChI=1S/C17H10ClFN6/c1-10-9-24(17(22-10)11-2-3-14(19)13(18)6-11)16-5-4-15-21-8-12(7-20)25(15)23-16/h2-6,8-9H,1H3. The van der Waals surface area contributed by atoms with E-state index in [0.29, 0.717) is 28.5 Å². The van der Waals surface area contributed by atoms with Crippen molar-refractivity contribution in [1.82, 2.24) is 24.1 Å². The third kappa shape index (κ3) is 2.53. The summed E-state index contributed by atoms with van der Waals surface area (Å²) >= 11 is 5.90. The number of aryl methyl sites for hydroxylation is 1. The van der Waals surface area contributed by atoms with E-state index < -0.39 is 5.82 Å². The Kier molecular flexibility index (Phi) is 3.48. The van der Waals surface area contributed by atoms with Gasteiger partial charge in [0.1, 0.15) is 17.7 Å². The summed E-state index contributed by atoms with van der Waals surface area (Å²) in [6, 6.07) is 10.0. The molecule has 3 heterocycles. The summed E-state index contributed by atoms with van der Waals surface area (Å²) in [5.41, 5.74) is 2.33. The average Bonchev–Trinajstić information content (AvgIpc) is 3.19. The van der Waals surface area contributed by atoms with Crippen LogP contribution in [0.4, 0.5) is 4.39 Å². The number of halogens is 2. The Labute approximate surface area is 146 Å². The number of nitrogens with zero attached hydrogens (tertiary/aromatic N) is 6. The molecule has 25 heavy (non-hydrogen) atoms. The van der Waals surface area contributed by atoms with Crippen molar-refractivity contribution in [3.8, 4) is 23.3 Å². The van der Waals surface area contributed by atoms with Crippen LogP contribution in [0.2, 0.25) is 5.02 Å². The molecule has 0 amide bonds. The van der Waals surface area contributed by atoms with Gasteiger partial charge in [-0.3, -0.25) is 4.57 Å². The van der Waals surface area contributed by atoms with E-state index in [2.05, 4.69) is 15.1 Å². The maximum absolute atomic E-state index is 13.5. The number of aromatic nitrogens is 5. The van der Waals surface area contributed by atoms with Gasteiger partial charge in [0.25, 0.3) is 0 Å². The normalized spacial score (nSPS) is 11.0. The lowest BCUT2D eigenvalue weighted by atomic mass is 10.2. The van der Waals surface area contributed by atoms with E-state index in [1.54, 1.807) is 22.8 Å². The van der Waals surface area contributed by atoms with Gasteiger partial charge in [-0.15, -0.1) is 5.10 Å². The minimum Gasteiger partial charge on any atom is -0.282 e. The van der Waals surface area contributed by atoms with Crippen molar-refractivity contribution in [1.29, 1.82) is 5.26 Å². The molecule has 0 atom stereocenters. The molecule has 0 radical (unpaired) electrons. The summed E-state index contributed by atoms with van der Waals surface area (Å²) in [6.07, 6.45) is 3.27. The van der Waals surface area contributed by atoms with Crippen LogP contribution in [0.1, 0.15) is 11.4 Å². The van der Waals surface area contributed by atoms with Crippen molar-refractivity contribution in [2.24, 2.45) is 0 Å².